The zero-order valence-electron chi connectivity index (χ0n) is 16.2. The van der Waals surface area contributed by atoms with Gasteiger partial charge in [0.2, 0.25) is 11.8 Å². The van der Waals surface area contributed by atoms with E-state index in [1.807, 2.05) is 25.1 Å². The molecule has 1 aromatic carbocycles. The first kappa shape index (κ1) is 18.7. The van der Waals surface area contributed by atoms with Crippen molar-refractivity contribution < 1.29 is 14.4 Å². The predicted molar refractivity (Wildman–Crippen MR) is 105 cm³/mol. The van der Waals surface area contributed by atoms with Crippen molar-refractivity contribution in [2.75, 3.05) is 32.7 Å². The summed E-state index contributed by atoms with van der Waals surface area (Å²) in [6.45, 7) is 8.33. The van der Waals surface area contributed by atoms with Gasteiger partial charge < -0.3 is 10.2 Å². The van der Waals surface area contributed by atoms with Crippen LogP contribution in [0.1, 0.15) is 35.7 Å². The maximum absolute atomic E-state index is 12.8. The van der Waals surface area contributed by atoms with Gasteiger partial charge >= 0.3 is 0 Å². The molecular weight excluding hydrogens is 356 g/mol. The molecule has 1 N–H and O–H groups in total. The Labute approximate surface area is 165 Å². The molecule has 148 valence electrons. The highest BCUT2D eigenvalue weighted by Gasteiger charge is 2.35. The van der Waals surface area contributed by atoms with E-state index in [0.717, 1.165) is 18.4 Å². The van der Waals surface area contributed by atoms with Crippen molar-refractivity contribution >= 4 is 23.4 Å². The third kappa shape index (κ3) is 3.54. The number of nitrogens with zero attached hydrogens (tertiary/aromatic N) is 3. The van der Waals surface area contributed by atoms with Crippen LogP contribution in [0.15, 0.2) is 30.8 Å². The molecule has 1 saturated heterocycles. The zero-order chi connectivity index (χ0) is 19.8. The molecule has 0 aromatic heterocycles. The minimum atomic E-state index is -0.188. The fourth-order valence-corrected chi connectivity index (χ4v) is 3.81. The van der Waals surface area contributed by atoms with Crippen molar-refractivity contribution in [3.05, 3.63) is 42.0 Å². The normalized spacial score (nSPS) is 20.9. The maximum atomic E-state index is 12.8. The molecule has 2 heterocycles. The van der Waals surface area contributed by atoms with Gasteiger partial charge in [0.15, 0.2) is 0 Å². The van der Waals surface area contributed by atoms with Crippen molar-refractivity contribution in [3.8, 4) is 0 Å². The van der Waals surface area contributed by atoms with Gasteiger partial charge in [-0.3, -0.25) is 24.2 Å². The maximum Gasteiger partial charge on any atom is 0.259 e. The molecule has 3 amide bonds. The minimum absolute atomic E-state index is 0.00403. The van der Waals surface area contributed by atoms with Crippen LogP contribution in [0.5, 0.6) is 0 Å². The van der Waals surface area contributed by atoms with Crippen LogP contribution in [0, 0.1) is 0 Å². The highest BCUT2D eigenvalue weighted by atomic mass is 16.2. The molecule has 1 unspecified atom stereocenters. The van der Waals surface area contributed by atoms with Gasteiger partial charge in [0.1, 0.15) is 6.54 Å². The Kier molecular flexibility index (Phi) is 4.93. The van der Waals surface area contributed by atoms with E-state index < -0.39 is 0 Å². The van der Waals surface area contributed by atoms with E-state index in [-0.39, 0.29) is 30.3 Å². The molecule has 3 aliphatic rings. The highest BCUT2D eigenvalue weighted by molar-refractivity contribution is 6.10. The Morgan fingerprint density at radius 2 is 1.79 bits per heavy atom. The minimum Gasteiger partial charge on any atom is -0.352 e. The molecule has 4 rings (SSSR count). The van der Waals surface area contributed by atoms with Crippen LogP contribution in [-0.4, -0.2) is 77.2 Å². The topological polar surface area (TPSA) is 73.0 Å². The summed E-state index contributed by atoms with van der Waals surface area (Å²) in [5, 5.41) is 3.04. The van der Waals surface area contributed by atoms with E-state index in [1.54, 1.807) is 11.0 Å². The summed E-state index contributed by atoms with van der Waals surface area (Å²) in [4.78, 5) is 42.9. The third-order valence-corrected chi connectivity index (χ3v) is 5.85. The molecule has 1 aliphatic carbocycles. The lowest BCUT2D eigenvalue weighted by Gasteiger charge is -2.38. The van der Waals surface area contributed by atoms with Gasteiger partial charge in [-0.1, -0.05) is 24.8 Å². The monoisotopic (exact) mass is 382 g/mol. The van der Waals surface area contributed by atoms with E-state index in [0.29, 0.717) is 43.5 Å². The van der Waals surface area contributed by atoms with Crippen LogP contribution in [0.2, 0.25) is 0 Å². The molecule has 0 radical (unpaired) electrons. The summed E-state index contributed by atoms with van der Waals surface area (Å²) < 4.78 is 0. The van der Waals surface area contributed by atoms with Gasteiger partial charge in [-0.25, -0.2) is 0 Å². The number of hydrogen-bond donors (Lipinski definition) is 1. The first-order valence-corrected chi connectivity index (χ1v) is 9.88. The van der Waals surface area contributed by atoms with Crippen molar-refractivity contribution in [1.29, 1.82) is 0 Å². The van der Waals surface area contributed by atoms with Crippen LogP contribution in [-0.2, 0) is 9.59 Å². The summed E-state index contributed by atoms with van der Waals surface area (Å²) in [6, 6.07) is 7.46. The third-order valence-electron chi connectivity index (χ3n) is 5.85. The molecule has 7 heteroatoms. The fourth-order valence-electron chi connectivity index (χ4n) is 3.81. The average Bonchev–Trinajstić information content (AvgIpc) is 3.50. The number of piperazine rings is 1. The van der Waals surface area contributed by atoms with Crippen LogP contribution in [0.4, 0.5) is 0 Å². The van der Waals surface area contributed by atoms with Crippen LogP contribution in [0.3, 0.4) is 0 Å². The molecule has 0 spiro atoms. The number of amides is 3. The Hall–Kier alpha value is -2.67. The van der Waals surface area contributed by atoms with E-state index in [2.05, 4.69) is 16.8 Å². The van der Waals surface area contributed by atoms with Crippen LogP contribution < -0.4 is 5.32 Å². The van der Waals surface area contributed by atoms with Gasteiger partial charge in [0.05, 0.1) is 6.04 Å². The van der Waals surface area contributed by atoms with Crippen molar-refractivity contribution in [2.24, 2.45) is 0 Å². The zero-order valence-corrected chi connectivity index (χ0v) is 16.2. The molecular formula is C21H26N4O3. The molecule has 2 fully saturated rings. The van der Waals surface area contributed by atoms with Gasteiger partial charge in [-0.2, -0.15) is 0 Å². The molecule has 1 aromatic rings. The average molecular weight is 382 g/mol. The van der Waals surface area contributed by atoms with Crippen LogP contribution in [0.25, 0.3) is 5.70 Å². The lowest BCUT2D eigenvalue weighted by Crippen LogP contribution is -2.56. The van der Waals surface area contributed by atoms with Gasteiger partial charge in [-0.05, 0) is 25.8 Å². The number of hydrogen-bond acceptors (Lipinski definition) is 4. The van der Waals surface area contributed by atoms with Crippen molar-refractivity contribution in [1.82, 2.24) is 20.0 Å². The second kappa shape index (κ2) is 7.39. The second-order valence-electron chi connectivity index (χ2n) is 7.76. The van der Waals surface area contributed by atoms with Gasteiger partial charge in [0, 0.05) is 49.0 Å². The second-order valence-corrected chi connectivity index (χ2v) is 7.76. The smallest absolute Gasteiger partial charge is 0.259 e. The standard InChI is InChI=1S/C21H26N4O3/c1-14-17-5-3-4-6-18(17)21(28)25(14)13-19(26)24-11-9-23(10-12-24)15(2)20(27)22-16-7-8-16/h3-6,15-16H,1,7-13H2,2H3,(H,22,27). The number of benzene rings is 1. The lowest BCUT2D eigenvalue weighted by molar-refractivity contribution is -0.134. The summed E-state index contributed by atoms with van der Waals surface area (Å²) >= 11 is 0. The molecule has 28 heavy (non-hydrogen) atoms. The van der Waals surface area contributed by atoms with Crippen molar-refractivity contribution in [2.45, 2.75) is 31.8 Å². The molecule has 0 bridgehead atoms. The Morgan fingerprint density at radius 1 is 1.14 bits per heavy atom. The van der Waals surface area contributed by atoms with Gasteiger partial charge in [-0.15, -0.1) is 0 Å². The summed E-state index contributed by atoms with van der Waals surface area (Å²) in [6.07, 6.45) is 2.15. The Morgan fingerprint density at radius 3 is 2.39 bits per heavy atom. The quantitative estimate of drug-likeness (QED) is 0.822. The number of carbonyl (C=O) groups excluding carboxylic acids is 3. The number of rotatable bonds is 5. The number of fused-ring (bicyclic) bond motifs is 1. The SMILES string of the molecule is C=C1c2ccccc2C(=O)N1CC(=O)N1CCN(C(C)C(=O)NC2CC2)CC1. The molecule has 1 atom stereocenters. The first-order valence-electron chi connectivity index (χ1n) is 9.88. The number of carbonyl (C=O) groups is 3. The predicted octanol–water partition coefficient (Wildman–Crippen LogP) is 0.924. The molecule has 1 saturated carbocycles. The van der Waals surface area contributed by atoms with Gasteiger partial charge in [0.25, 0.3) is 5.91 Å². The van der Waals surface area contributed by atoms with Crippen molar-refractivity contribution in [3.63, 3.8) is 0 Å². The molecule has 7 nitrogen and oxygen atoms in total. The first-order chi connectivity index (χ1) is 13.5. The fraction of sp³-hybridized carbons (Fsp3) is 0.476. The van der Waals surface area contributed by atoms with Crippen LogP contribution >= 0.6 is 0 Å². The Bertz CT molecular complexity index is 790. The van der Waals surface area contributed by atoms with E-state index in [4.69, 9.17) is 0 Å². The van der Waals surface area contributed by atoms with E-state index in [1.165, 1.54) is 4.90 Å². The summed E-state index contributed by atoms with van der Waals surface area (Å²) in [7, 11) is 0. The summed E-state index contributed by atoms with van der Waals surface area (Å²) in [5.41, 5.74) is 1.97. The number of nitrogens with one attached hydrogen (secondary N) is 1. The lowest BCUT2D eigenvalue weighted by atomic mass is 10.1. The summed E-state index contributed by atoms with van der Waals surface area (Å²) in [5.74, 6) is -0.186. The van der Waals surface area contributed by atoms with E-state index in [9.17, 15) is 14.4 Å². The highest BCUT2D eigenvalue weighted by Crippen LogP contribution is 2.31. The largest absolute Gasteiger partial charge is 0.352 e. The van der Waals surface area contributed by atoms with E-state index >= 15 is 0 Å². The Balaban J connectivity index is 1.30. The molecule has 2 aliphatic heterocycles.